The summed E-state index contributed by atoms with van der Waals surface area (Å²) in [5, 5.41) is 0.672. The van der Waals surface area contributed by atoms with Crippen LogP contribution in [0.4, 0.5) is 11.6 Å². The number of ether oxygens (including phenoxy) is 1. The van der Waals surface area contributed by atoms with Gasteiger partial charge in [0.25, 0.3) is 0 Å². The Morgan fingerprint density at radius 3 is 2.30 bits per heavy atom. The number of rotatable bonds is 5. The van der Waals surface area contributed by atoms with Crippen molar-refractivity contribution in [1.82, 2.24) is 9.97 Å². The van der Waals surface area contributed by atoms with Crippen LogP contribution in [0.15, 0.2) is 30.3 Å². The quantitative estimate of drug-likeness (QED) is 0.719. The van der Waals surface area contributed by atoms with Crippen molar-refractivity contribution in [2.75, 3.05) is 42.6 Å². The highest BCUT2D eigenvalue weighted by Crippen LogP contribution is 2.33. The molecule has 3 heterocycles. The van der Waals surface area contributed by atoms with Crippen LogP contribution in [0.25, 0.3) is 0 Å². The number of hydrogen-bond acceptors (Lipinski definition) is 5. The summed E-state index contributed by atoms with van der Waals surface area (Å²) in [4.78, 5) is 26.8. The number of benzene rings is 1. The van der Waals surface area contributed by atoms with E-state index in [0.717, 1.165) is 49.0 Å². The molecule has 160 valence electrons. The van der Waals surface area contributed by atoms with E-state index in [-0.39, 0.29) is 17.2 Å². The summed E-state index contributed by atoms with van der Waals surface area (Å²) >= 11 is 6.07. The molecule has 1 aromatic carbocycles. The maximum atomic E-state index is 13.6. The van der Waals surface area contributed by atoms with E-state index in [4.69, 9.17) is 16.3 Å². The van der Waals surface area contributed by atoms with E-state index in [1.54, 1.807) is 0 Å². The van der Waals surface area contributed by atoms with Gasteiger partial charge in [0.15, 0.2) is 0 Å². The molecule has 6 nitrogen and oxygen atoms in total. The maximum absolute atomic E-state index is 13.6. The van der Waals surface area contributed by atoms with Crippen molar-refractivity contribution < 1.29 is 9.53 Å². The Labute approximate surface area is 183 Å². The Kier molecular flexibility index (Phi) is 5.98. The molecule has 1 aromatic heterocycles. The Balaban J connectivity index is 1.47. The average molecular weight is 429 g/mol. The van der Waals surface area contributed by atoms with Gasteiger partial charge in [-0.3, -0.25) is 4.79 Å². The molecular formula is C23H29ClN4O2. The minimum absolute atomic E-state index is 0.00291. The molecule has 0 spiro atoms. The molecule has 0 N–H and O–H groups in total. The van der Waals surface area contributed by atoms with Gasteiger partial charge in [0.2, 0.25) is 11.9 Å². The SMILES string of the molecule is Cc1cc(C)nc(N2CCC(C(=O)N(CC3(C)COC3)c3ccc(Cl)cc3)CC2)n1. The fourth-order valence-electron chi connectivity index (χ4n) is 4.24. The Morgan fingerprint density at radius 1 is 1.17 bits per heavy atom. The Bertz CT molecular complexity index is 886. The van der Waals surface area contributed by atoms with Crippen molar-refractivity contribution in [3.05, 3.63) is 46.7 Å². The largest absolute Gasteiger partial charge is 0.380 e. The summed E-state index contributed by atoms with van der Waals surface area (Å²) in [5.41, 5.74) is 2.85. The minimum Gasteiger partial charge on any atom is -0.380 e. The van der Waals surface area contributed by atoms with Crippen LogP contribution in [0, 0.1) is 25.2 Å². The van der Waals surface area contributed by atoms with E-state index >= 15 is 0 Å². The zero-order chi connectivity index (χ0) is 21.3. The van der Waals surface area contributed by atoms with E-state index in [1.165, 1.54) is 0 Å². The van der Waals surface area contributed by atoms with Crippen LogP contribution in [0.5, 0.6) is 0 Å². The summed E-state index contributed by atoms with van der Waals surface area (Å²) in [6.45, 7) is 9.76. The normalized spacial score (nSPS) is 18.7. The van der Waals surface area contributed by atoms with Crippen LogP contribution >= 0.6 is 11.6 Å². The van der Waals surface area contributed by atoms with Crippen molar-refractivity contribution in [2.24, 2.45) is 11.3 Å². The number of anilines is 2. The molecule has 0 unspecified atom stereocenters. The van der Waals surface area contributed by atoms with E-state index in [9.17, 15) is 4.79 Å². The second-order valence-electron chi connectivity index (χ2n) is 8.92. The predicted molar refractivity (Wildman–Crippen MR) is 119 cm³/mol. The molecule has 0 atom stereocenters. The van der Waals surface area contributed by atoms with Crippen molar-refractivity contribution in [1.29, 1.82) is 0 Å². The number of nitrogens with zero attached hydrogens (tertiary/aromatic N) is 4. The van der Waals surface area contributed by atoms with E-state index in [0.29, 0.717) is 24.8 Å². The molecule has 30 heavy (non-hydrogen) atoms. The van der Waals surface area contributed by atoms with Crippen LogP contribution in [-0.4, -0.2) is 48.7 Å². The smallest absolute Gasteiger partial charge is 0.230 e. The lowest BCUT2D eigenvalue weighted by Crippen LogP contribution is -2.52. The van der Waals surface area contributed by atoms with Crippen LogP contribution in [0.2, 0.25) is 5.02 Å². The third kappa shape index (κ3) is 4.60. The molecular weight excluding hydrogens is 400 g/mol. The van der Waals surface area contributed by atoms with Gasteiger partial charge in [-0.2, -0.15) is 0 Å². The second kappa shape index (κ2) is 8.52. The molecule has 2 aliphatic rings. The third-order valence-electron chi connectivity index (χ3n) is 5.94. The summed E-state index contributed by atoms with van der Waals surface area (Å²) < 4.78 is 5.42. The van der Waals surface area contributed by atoms with Crippen molar-refractivity contribution in [3.63, 3.8) is 0 Å². The van der Waals surface area contributed by atoms with Gasteiger partial charge in [0.1, 0.15) is 0 Å². The van der Waals surface area contributed by atoms with Crippen molar-refractivity contribution >= 4 is 29.1 Å². The molecule has 1 amide bonds. The van der Waals surface area contributed by atoms with Gasteiger partial charge in [-0.1, -0.05) is 18.5 Å². The van der Waals surface area contributed by atoms with Gasteiger partial charge in [-0.25, -0.2) is 9.97 Å². The highest BCUT2D eigenvalue weighted by Gasteiger charge is 2.39. The van der Waals surface area contributed by atoms with Gasteiger partial charge >= 0.3 is 0 Å². The molecule has 2 aliphatic heterocycles. The van der Waals surface area contributed by atoms with Gasteiger partial charge in [0, 0.05) is 53.1 Å². The first-order valence-electron chi connectivity index (χ1n) is 10.5. The predicted octanol–water partition coefficient (Wildman–Crippen LogP) is 4.03. The maximum Gasteiger partial charge on any atom is 0.230 e. The highest BCUT2D eigenvalue weighted by molar-refractivity contribution is 6.30. The van der Waals surface area contributed by atoms with Crippen molar-refractivity contribution in [3.8, 4) is 0 Å². The van der Waals surface area contributed by atoms with Crippen molar-refractivity contribution in [2.45, 2.75) is 33.6 Å². The Morgan fingerprint density at radius 2 is 1.77 bits per heavy atom. The molecule has 4 rings (SSSR count). The molecule has 0 radical (unpaired) electrons. The van der Waals surface area contributed by atoms with E-state index in [2.05, 4.69) is 21.8 Å². The molecule has 2 aromatic rings. The summed E-state index contributed by atoms with van der Waals surface area (Å²) in [6, 6.07) is 9.53. The first-order chi connectivity index (χ1) is 14.3. The summed E-state index contributed by atoms with van der Waals surface area (Å²) in [6.07, 6.45) is 1.60. The first-order valence-corrected chi connectivity index (χ1v) is 10.9. The zero-order valence-corrected chi connectivity index (χ0v) is 18.7. The standard InChI is InChI=1S/C23H29ClN4O2/c1-16-12-17(2)26-22(25-16)27-10-8-18(9-11-27)21(29)28(13-23(3)14-30-15-23)20-6-4-19(24)5-7-20/h4-7,12,18H,8-11,13-15H2,1-3H3. The van der Waals surface area contributed by atoms with E-state index in [1.807, 2.05) is 49.1 Å². The molecule has 2 saturated heterocycles. The number of hydrogen-bond donors (Lipinski definition) is 0. The fraction of sp³-hybridized carbons (Fsp3) is 0.522. The lowest BCUT2D eigenvalue weighted by molar-refractivity contribution is -0.126. The van der Waals surface area contributed by atoms with Gasteiger partial charge < -0.3 is 14.5 Å². The first kappa shape index (κ1) is 21.1. The zero-order valence-electron chi connectivity index (χ0n) is 17.9. The van der Waals surface area contributed by atoms with Gasteiger partial charge in [-0.15, -0.1) is 0 Å². The summed E-state index contributed by atoms with van der Waals surface area (Å²) in [7, 11) is 0. The lowest BCUT2D eigenvalue weighted by Gasteiger charge is -2.43. The number of carbonyl (C=O) groups is 1. The van der Waals surface area contributed by atoms with E-state index < -0.39 is 0 Å². The monoisotopic (exact) mass is 428 g/mol. The lowest BCUT2D eigenvalue weighted by atomic mass is 9.86. The third-order valence-corrected chi connectivity index (χ3v) is 6.19. The number of aromatic nitrogens is 2. The minimum atomic E-state index is -0.00701. The van der Waals surface area contributed by atoms with Crippen LogP contribution < -0.4 is 9.80 Å². The Hall–Kier alpha value is -2.18. The number of halogens is 1. The number of aryl methyl sites for hydroxylation is 2. The van der Waals surface area contributed by atoms with Gasteiger partial charge in [-0.05, 0) is 57.0 Å². The topological polar surface area (TPSA) is 58.6 Å². The second-order valence-corrected chi connectivity index (χ2v) is 9.35. The van der Waals surface area contributed by atoms with Gasteiger partial charge in [0.05, 0.1) is 13.2 Å². The number of carbonyl (C=O) groups excluding carboxylic acids is 1. The molecule has 0 bridgehead atoms. The van der Waals surface area contributed by atoms with Crippen LogP contribution in [-0.2, 0) is 9.53 Å². The molecule has 7 heteroatoms. The number of amides is 1. The highest BCUT2D eigenvalue weighted by atomic mass is 35.5. The molecule has 0 saturated carbocycles. The average Bonchev–Trinajstić information content (AvgIpc) is 2.70. The molecule has 2 fully saturated rings. The van der Waals surface area contributed by atoms with Crippen LogP contribution in [0.3, 0.4) is 0 Å². The fourth-order valence-corrected chi connectivity index (χ4v) is 4.36. The van der Waals surface area contributed by atoms with Crippen LogP contribution in [0.1, 0.15) is 31.2 Å². The summed E-state index contributed by atoms with van der Waals surface area (Å²) in [5.74, 6) is 0.950. The molecule has 0 aliphatic carbocycles. The number of piperidine rings is 1.